The van der Waals surface area contributed by atoms with Crippen LogP contribution in [0.5, 0.6) is 11.5 Å². The third kappa shape index (κ3) is 3.95. The molecule has 1 heterocycles. The number of rotatable bonds is 6. The van der Waals surface area contributed by atoms with Crippen molar-refractivity contribution in [2.75, 3.05) is 20.0 Å². The van der Waals surface area contributed by atoms with Crippen LogP contribution in [0.2, 0.25) is 0 Å². The number of para-hydroxylation sites is 1. The second-order valence-corrected chi connectivity index (χ2v) is 5.12. The van der Waals surface area contributed by atoms with Gasteiger partial charge < -0.3 is 15.2 Å². The Kier molecular flexibility index (Phi) is 5.31. The predicted molar refractivity (Wildman–Crippen MR) is 85.5 cm³/mol. The van der Waals surface area contributed by atoms with Gasteiger partial charge in [-0.2, -0.15) is 5.10 Å². The summed E-state index contributed by atoms with van der Waals surface area (Å²) >= 11 is 1.29. The lowest BCUT2D eigenvalue weighted by molar-refractivity contribution is -0.120. The molecule has 0 bridgehead atoms. The summed E-state index contributed by atoms with van der Waals surface area (Å²) in [4.78, 5) is 15.7. The molecular weight excluding hydrogens is 304 g/mol. The quantitative estimate of drug-likeness (QED) is 0.620. The number of anilines is 1. The first kappa shape index (κ1) is 15.8. The Hall–Kier alpha value is -2.61. The summed E-state index contributed by atoms with van der Waals surface area (Å²) in [6.07, 6.45) is 1.62. The van der Waals surface area contributed by atoms with Crippen molar-refractivity contribution in [3.05, 3.63) is 34.8 Å². The molecule has 8 heteroatoms. The van der Waals surface area contributed by atoms with Gasteiger partial charge in [-0.1, -0.05) is 6.07 Å². The zero-order chi connectivity index (χ0) is 15.9. The summed E-state index contributed by atoms with van der Waals surface area (Å²) in [5.74, 6) is 0.870. The maximum Gasteiger partial charge on any atom is 0.246 e. The van der Waals surface area contributed by atoms with Crippen molar-refractivity contribution >= 4 is 28.6 Å². The highest BCUT2D eigenvalue weighted by Crippen LogP contribution is 2.29. The summed E-state index contributed by atoms with van der Waals surface area (Å²) in [6.45, 7) is 0. The first-order valence-electron chi connectivity index (χ1n) is 6.36. The average Bonchev–Trinajstić information content (AvgIpc) is 2.91. The van der Waals surface area contributed by atoms with E-state index in [1.165, 1.54) is 17.6 Å². The van der Waals surface area contributed by atoms with Crippen molar-refractivity contribution in [2.24, 2.45) is 5.10 Å². The molecular formula is C14H16N4O3S. The van der Waals surface area contributed by atoms with Crippen molar-refractivity contribution in [1.82, 2.24) is 10.4 Å². The molecule has 2 aromatic rings. The molecule has 116 valence electrons. The summed E-state index contributed by atoms with van der Waals surface area (Å²) < 4.78 is 10.5. The molecule has 0 aliphatic heterocycles. The summed E-state index contributed by atoms with van der Waals surface area (Å²) in [7, 11) is 3.10. The van der Waals surface area contributed by atoms with Crippen LogP contribution in [0.1, 0.15) is 11.3 Å². The van der Waals surface area contributed by atoms with E-state index in [2.05, 4.69) is 15.5 Å². The van der Waals surface area contributed by atoms with Gasteiger partial charge in [0.15, 0.2) is 16.6 Å². The van der Waals surface area contributed by atoms with Gasteiger partial charge in [-0.3, -0.25) is 4.79 Å². The van der Waals surface area contributed by atoms with Gasteiger partial charge in [0.25, 0.3) is 0 Å². The number of methoxy groups -OCH3 is 2. The average molecular weight is 320 g/mol. The first-order valence-corrected chi connectivity index (χ1v) is 7.24. The zero-order valence-corrected chi connectivity index (χ0v) is 13.0. The number of aromatic nitrogens is 1. The number of nitrogens with one attached hydrogen (secondary N) is 1. The topological polar surface area (TPSA) is 98.8 Å². The molecule has 0 atom stereocenters. The fraction of sp³-hybridized carbons (Fsp3) is 0.214. The molecule has 1 aromatic heterocycles. The van der Waals surface area contributed by atoms with E-state index in [0.29, 0.717) is 27.9 Å². The molecule has 3 N–H and O–H groups in total. The molecule has 0 spiro atoms. The number of carbonyl (C=O) groups is 1. The van der Waals surface area contributed by atoms with E-state index in [0.717, 1.165) is 0 Å². The number of hydrogen-bond donors (Lipinski definition) is 2. The van der Waals surface area contributed by atoms with Crippen molar-refractivity contribution < 1.29 is 14.3 Å². The zero-order valence-electron chi connectivity index (χ0n) is 12.2. The third-order valence-corrected chi connectivity index (χ3v) is 3.46. The molecule has 1 amide bonds. The number of nitrogens with zero attached hydrogens (tertiary/aromatic N) is 2. The second kappa shape index (κ2) is 7.41. The molecule has 0 unspecified atom stereocenters. The van der Waals surface area contributed by atoms with Gasteiger partial charge in [0.1, 0.15) is 0 Å². The minimum atomic E-state index is -0.275. The van der Waals surface area contributed by atoms with Crippen LogP contribution in [0, 0.1) is 0 Å². The normalized spacial score (nSPS) is 10.6. The molecule has 0 saturated carbocycles. The third-order valence-electron chi connectivity index (χ3n) is 2.74. The van der Waals surface area contributed by atoms with Crippen LogP contribution in [0.25, 0.3) is 0 Å². The Morgan fingerprint density at radius 3 is 2.91 bits per heavy atom. The highest BCUT2D eigenvalue weighted by molar-refractivity contribution is 7.13. The summed E-state index contributed by atoms with van der Waals surface area (Å²) in [5.41, 5.74) is 9.26. The molecule has 0 fully saturated rings. The van der Waals surface area contributed by atoms with Gasteiger partial charge in [0.05, 0.1) is 32.5 Å². The number of benzene rings is 1. The number of carbonyl (C=O) groups excluding carboxylic acids is 1. The van der Waals surface area contributed by atoms with E-state index in [4.69, 9.17) is 15.2 Å². The van der Waals surface area contributed by atoms with E-state index in [9.17, 15) is 4.79 Å². The monoisotopic (exact) mass is 320 g/mol. The Labute approximate surface area is 131 Å². The smallest absolute Gasteiger partial charge is 0.246 e. The van der Waals surface area contributed by atoms with E-state index in [-0.39, 0.29) is 12.3 Å². The highest BCUT2D eigenvalue weighted by atomic mass is 32.1. The number of nitrogen functional groups attached to an aromatic ring is 1. The highest BCUT2D eigenvalue weighted by Gasteiger charge is 2.08. The van der Waals surface area contributed by atoms with E-state index >= 15 is 0 Å². The lowest BCUT2D eigenvalue weighted by atomic mass is 10.2. The largest absolute Gasteiger partial charge is 0.493 e. The Morgan fingerprint density at radius 1 is 1.45 bits per heavy atom. The Bertz CT molecular complexity index is 684. The lowest BCUT2D eigenvalue weighted by Crippen LogP contribution is -2.20. The van der Waals surface area contributed by atoms with Gasteiger partial charge in [-0.05, 0) is 12.1 Å². The van der Waals surface area contributed by atoms with Gasteiger partial charge in [0.2, 0.25) is 5.91 Å². The number of hydrazone groups is 1. The van der Waals surface area contributed by atoms with Crippen molar-refractivity contribution in [2.45, 2.75) is 6.42 Å². The molecule has 0 aliphatic rings. The Morgan fingerprint density at radius 2 is 2.27 bits per heavy atom. The maximum absolute atomic E-state index is 11.7. The van der Waals surface area contributed by atoms with Crippen LogP contribution in [0.3, 0.4) is 0 Å². The van der Waals surface area contributed by atoms with Crippen molar-refractivity contribution in [1.29, 1.82) is 0 Å². The van der Waals surface area contributed by atoms with Crippen LogP contribution in [-0.4, -0.2) is 31.3 Å². The van der Waals surface area contributed by atoms with Crippen molar-refractivity contribution in [3.63, 3.8) is 0 Å². The van der Waals surface area contributed by atoms with Gasteiger partial charge in [0, 0.05) is 10.9 Å². The summed E-state index contributed by atoms with van der Waals surface area (Å²) in [6, 6.07) is 5.39. The number of amides is 1. The van der Waals surface area contributed by atoms with Gasteiger partial charge >= 0.3 is 0 Å². The number of ether oxygens (including phenoxy) is 2. The molecule has 0 aliphatic carbocycles. The lowest BCUT2D eigenvalue weighted by Gasteiger charge is -2.09. The van der Waals surface area contributed by atoms with Gasteiger partial charge in [-0.25, -0.2) is 10.4 Å². The van der Waals surface area contributed by atoms with Crippen LogP contribution >= 0.6 is 11.3 Å². The molecule has 1 aromatic carbocycles. The number of thiazole rings is 1. The Balaban J connectivity index is 1.99. The van der Waals surface area contributed by atoms with Crippen LogP contribution in [0.4, 0.5) is 5.13 Å². The molecule has 0 radical (unpaired) electrons. The fourth-order valence-electron chi connectivity index (χ4n) is 1.80. The van der Waals surface area contributed by atoms with E-state index in [1.807, 2.05) is 6.07 Å². The maximum atomic E-state index is 11.7. The van der Waals surface area contributed by atoms with Crippen LogP contribution in [0.15, 0.2) is 28.7 Å². The first-order chi connectivity index (χ1) is 10.6. The molecule has 0 saturated heterocycles. The van der Waals surface area contributed by atoms with E-state index in [1.54, 1.807) is 31.7 Å². The fourth-order valence-corrected chi connectivity index (χ4v) is 2.36. The minimum absolute atomic E-state index is 0.125. The molecule has 7 nitrogen and oxygen atoms in total. The molecule has 22 heavy (non-hydrogen) atoms. The van der Waals surface area contributed by atoms with Crippen LogP contribution in [-0.2, 0) is 11.2 Å². The van der Waals surface area contributed by atoms with Crippen LogP contribution < -0.4 is 20.6 Å². The second-order valence-electron chi connectivity index (χ2n) is 4.23. The minimum Gasteiger partial charge on any atom is -0.493 e. The number of nitrogens with two attached hydrogens (primary N) is 1. The predicted octanol–water partition coefficient (Wildman–Crippen LogP) is 1.44. The standard InChI is InChI=1S/C14H16N4O3S/c1-20-11-5-3-4-9(13(11)21-2)7-16-18-12(19)6-10-8-22-14(15)17-10/h3-5,7-8H,6H2,1-2H3,(H2,15,17)(H,18,19)/b16-7+. The molecule has 2 rings (SSSR count). The number of hydrogen-bond acceptors (Lipinski definition) is 7. The van der Waals surface area contributed by atoms with E-state index < -0.39 is 0 Å². The SMILES string of the molecule is COc1cccc(/C=N/NC(=O)Cc2csc(N)n2)c1OC. The summed E-state index contributed by atoms with van der Waals surface area (Å²) in [5, 5.41) is 6.09. The van der Waals surface area contributed by atoms with Crippen molar-refractivity contribution in [3.8, 4) is 11.5 Å². The van der Waals surface area contributed by atoms with Gasteiger partial charge in [-0.15, -0.1) is 11.3 Å².